The molecule has 2 N–H and O–H groups in total. The highest BCUT2D eigenvalue weighted by Crippen LogP contribution is 2.10. The predicted octanol–water partition coefficient (Wildman–Crippen LogP) is 3.46. The summed E-state index contributed by atoms with van der Waals surface area (Å²) in [4.78, 5) is 4.48. The molecule has 0 aliphatic heterocycles. The Morgan fingerprint density at radius 2 is 2.00 bits per heavy atom. The van der Waals surface area contributed by atoms with E-state index in [-0.39, 0.29) is 6.04 Å². The van der Waals surface area contributed by atoms with Crippen molar-refractivity contribution in [2.75, 3.05) is 0 Å². The second kappa shape index (κ2) is 7.20. The van der Waals surface area contributed by atoms with Crippen molar-refractivity contribution in [3.8, 4) is 0 Å². The lowest BCUT2D eigenvalue weighted by molar-refractivity contribution is 0.602. The van der Waals surface area contributed by atoms with Crippen LogP contribution in [0.15, 0.2) is 42.6 Å². The molecule has 2 nitrogen and oxygen atoms in total. The smallest absolute Gasteiger partial charge is 0.0419 e. The Bertz CT molecular complexity index is 531. The highest BCUT2D eigenvalue weighted by Gasteiger charge is 2.06. The first-order valence-corrected chi connectivity index (χ1v) is 7.42. The monoisotopic (exact) mass is 268 g/mol. The molecule has 0 saturated heterocycles. The topological polar surface area (TPSA) is 38.9 Å². The Labute approximate surface area is 122 Å². The Kier molecular flexibility index (Phi) is 5.31. The lowest BCUT2D eigenvalue weighted by Gasteiger charge is -2.11. The van der Waals surface area contributed by atoms with Crippen LogP contribution in [0, 0.1) is 6.92 Å². The van der Waals surface area contributed by atoms with Crippen LogP contribution in [0.25, 0.3) is 0 Å². The number of aromatic nitrogens is 1. The lowest BCUT2D eigenvalue weighted by atomic mass is 10.0. The van der Waals surface area contributed by atoms with Gasteiger partial charge in [-0.05, 0) is 43.4 Å². The number of pyridine rings is 1. The first-order chi connectivity index (χ1) is 9.67. The van der Waals surface area contributed by atoms with Gasteiger partial charge in [0.05, 0.1) is 0 Å². The van der Waals surface area contributed by atoms with Crippen LogP contribution in [0.1, 0.15) is 35.7 Å². The van der Waals surface area contributed by atoms with Crippen LogP contribution in [0.2, 0.25) is 0 Å². The molecule has 1 heterocycles. The summed E-state index contributed by atoms with van der Waals surface area (Å²) >= 11 is 0. The normalized spacial score (nSPS) is 12.3. The van der Waals surface area contributed by atoms with Gasteiger partial charge < -0.3 is 5.73 Å². The van der Waals surface area contributed by atoms with Crippen LogP contribution in [0.5, 0.6) is 0 Å². The van der Waals surface area contributed by atoms with E-state index in [1.54, 1.807) is 0 Å². The zero-order valence-electron chi connectivity index (χ0n) is 12.5. The van der Waals surface area contributed by atoms with Gasteiger partial charge in [0.15, 0.2) is 0 Å². The Morgan fingerprint density at radius 1 is 1.15 bits per heavy atom. The van der Waals surface area contributed by atoms with Crippen LogP contribution in [-0.2, 0) is 19.3 Å². The van der Waals surface area contributed by atoms with Crippen LogP contribution in [-0.4, -0.2) is 11.0 Å². The first-order valence-electron chi connectivity index (χ1n) is 7.42. The van der Waals surface area contributed by atoms with Crippen molar-refractivity contribution in [3.63, 3.8) is 0 Å². The van der Waals surface area contributed by atoms with Gasteiger partial charge in [-0.3, -0.25) is 4.98 Å². The molecule has 0 aliphatic carbocycles. The largest absolute Gasteiger partial charge is 0.327 e. The average Bonchev–Trinajstić information content (AvgIpc) is 2.46. The van der Waals surface area contributed by atoms with Gasteiger partial charge in [0.2, 0.25) is 0 Å². The van der Waals surface area contributed by atoms with Gasteiger partial charge in [0, 0.05) is 24.4 Å². The minimum absolute atomic E-state index is 0.176. The summed E-state index contributed by atoms with van der Waals surface area (Å²) in [6, 6.07) is 13.1. The van der Waals surface area contributed by atoms with E-state index in [1.165, 1.54) is 16.7 Å². The molecule has 0 bridgehead atoms. The predicted molar refractivity (Wildman–Crippen MR) is 84.8 cm³/mol. The van der Waals surface area contributed by atoms with E-state index in [0.29, 0.717) is 0 Å². The number of rotatable bonds is 6. The molecular weight excluding hydrogens is 244 g/mol. The summed E-state index contributed by atoms with van der Waals surface area (Å²) in [5.74, 6) is 0. The van der Waals surface area contributed by atoms with Crippen molar-refractivity contribution < 1.29 is 0 Å². The SMILES string of the molecule is CCc1ccc(CC(N)CCc2cccc(C)c2)nc1. The molecule has 106 valence electrons. The van der Waals surface area contributed by atoms with Crippen LogP contribution < -0.4 is 5.73 Å². The number of benzene rings is 1. The zero-order chi connectivity index (χ0) is 14.4. The fraction of sp³-hybridized carbons (Fsp3) is 0.389. The van der Waals surface area contributed by atoms with E-state index in [2.05, 4.69) is 55.2 Å². The third-order valence-corrected chi connectivity index (χ3v) is 3.65. The summed E-state index contributed by atoms with van der Waals surface area (Å²) in [5.41, 5.74) is 11.3. The maximum Gasteiger partial charge on any atom is 0.0419 e. The van der Waals surface area contributed by atoms with E-state index >= 15 is 0 Å². The summed E-state index contributed by atoms with van der Waals surface area (Å²) in [6.45, 7) is 4.27. The lowest BCUT2D eigenvalue weighted by Crippen LogP contribution is -2.24. The van der Waals surface area contributed by atoms with Crippen molar-refractivity contribution in [2.24, 2.45) is 5.73 Å². The number of nitrogens with two attached hydrogens (primary N) is 1. The Morgan fingerprint density at radius 3 is 2.65 bits per heavy atom. The maximum atomic E-state index is 6.22. The third kappa shape index (κ3) is 4.46. The minimum atomic E-state index is 0.176. The molecule has 0 spiro atoms. The average molecular weight is 268 g/mol. The van der Waals surface area contributed by atoms with Gasteiger partial charge in [-0.2, -0.15) is 0 Å². The molecule has 1 aromatic carbocycles. The molecule has 2 heteroatoms. The molecule has 0 radical (unpaired) electrons. The van der Waals surface area contributed by atoms with E-state index in [4.69, 9.17) is 5.73 Å². The quantitative estimate of drug-likeness (QED) is 0.871. The van der Waals surface area contributed by atoms with Crippen molar-refractivity contribution in [2.45, 2.75) is 45.6 Å². The minimum Gasteiger partial charge on any atom is -0.327 e. The summed E-state index contributed by atoms with van der Waals surface area (Å²) in [7, 11) is 0. The molecule has 1 aromatic heterocycles. The van der Waals surface area contributed by atoms with Crippen molar-refractivity contribution in [1.29, 1.82) is 0 Å². The molecule has 0 amide bonds. The van der Waals surface area contributed by atoms with Gasteiger partial charge in [0.25, 0.3) is 0 Å². The van der Waals surface area contributed by atoms with Crippen molar-refractivity contribution in [3.05, 3.63) is 65.0 Å². The van der Waals surface area contributed by atoms with E-state index in [9.17, 15) is 0 Å². The van der Waals surface area contributed by atoms with Gasteiger partial charge >= 0.3 is 0 Å². The van der Waals surface area contributed by atoms with E-state index < -0.39 is 0 Å². The van der Waals surface area contributed by atoms with Gasteiger partial charge in [-0.1, -0.05) is 42.8 Å². The molecule has 0 fully saturated rings. The molecule has 0 aliphatic rings. The number of hydrogen-bond donors (Lipinski definition) is 1. The number of aryl methyl sites for hydroxylation is 3. The maximum absolute atomic E-state index is 6.22. The molecule has 2 aromatic rings. The van der Waals surface area contributed by atoms with Gasteiger partial charge in [-0.25, -0.2) is 0 Å². The second-order valence-electron chi connectivity index (χ2n) is 5.50. The molecule has 1 unspecified atom stereocenters. The molecule has 2 rings (SSSR count). The van der Waals surface area contributed by atoms with Crippen molar-refractivity contribution in [1.82, 2.24) is 4.98 Å². The molecule has 20 heavy (non-hydrogen) atoms. The summed E-state index contributed by atoms with van der Waals surface area (Å²) in [6.07, 6.45) is 5.89. The summed E-state index contributed by atoms with van der Waals surface area (Å²) < 4.78 is 0. The summed E-state index contributed by atoms with van der Waals surface area (Å²) in [5, 5.41) is 0. The Balaban J connectivity index is 1.84. The molecule has 0 saturated carbocycles. The van der Waals surface area contributed by atoms with Crippen LogP contribution >= 0.6 is 0 Å². The van der Waals surface area contributed by atoms with Gasteiger partial charge in [0.1, 0.15) is 0 Å². The van der Waals surface area contributed by atoms with E-state index in [0.717, 1.165) is 31.4 Å². The van der Waals surface area contributed by atoms with Gasteiger partial charge in [-0.15, -0.1) is 0 Å². The fourth-order valence-electron chi connectivity index (χ4n) is 2.38. The highest BCUT2D eigenvalue weighted by atomic mass is 14.7. The number of hydrogen-bond acceptors (Lipinski definition) is 2. The van der Waals surface area contributed by atoms with Crippen LogP contribution in [0.4, 0.5) is 0 Å². The first kappa shape index (κ1) is 14.7. The van der Waals surface area contributed by atoms with Crippen molar-refractivity contribution >= 4 is 0 Å². The standard InChI is InChI=1S/C18H24N2/c1-3-15-8-10-18(20-13-15)12-17(19)9-7-16-6-4-5-14(2)11-16/h4-6,8,10-11,13,17H,3,7,9,12,19H2,1-2H3. The third-order valence-electron chi connectivity index (χ3n) is 3.65. The van der Waals surface area contributed by atoms with Crippen LogP contribution in [0.3, 0.4) is 0 Å². The fourth-order valence-corrected chi connectivity index (χ4v) is 2.38. The molecule has 1 atom stereocenters. The van der Waals surface area contributed by atoms with E-state index in [1.807, 2.05) is 6.20 Å². The second-order valence-corrected chi connectivity index (χ2v) is 5.50. The highest BCUT2D eigenvalue weighted by molar-refractivity contribution is 5.22. The molecular formula is C18H24N2. The number of nitrogens with zero attached hydrogens (tertiary/aromatic N) is 1. The Hall–Kier alpha value is -1.67. The zero-order valence-corrected chi connectivity index (χ0v) is 12.5.